The second kappa shape index (κ2) is 10.5. The van der Waals surface area contributed by atoms with Crippen molar-refractivity contribution in [2.45, 2.75) is 45.1 Å². The van der Waals surface area contributed by atoms with E-state index in [9.17, 15) is 14.4 Å². The summed E-state index contributed by atoms with van der Waals surface area (Å²) < 4.78 is 0. The Hall–Kier alpha value is -2.25. The van der Waals surface area contributed by atoms with Gasteiger partial charge in [0.1, 0.15) is 0 Å². The Kier molecular flexibility index (Phi) is 8.56. The minimum Gasteiger partial charge on any atom is -0.326 e. The minimum absolute atomic E-state index is 0.158. The first kappa shape index (κ1) is 18.8. The average Bonchev–Trinajstić information content (AvgIpc) is 2.57. The number of benzene rings is 1. The van der Waals surface area contributed by atoms with Gasteiger partial charge >= 0.3 is 0 Å². The third kappa shape index (κ3) is 6.58. The first-order valence-electron chi connectivity index (χ1n) is 7.54. The highest BCUT2D eigenvalue weighted by Crippen LogP contribution is 2.18. The molecule has 7 heteroatoms. The molecular weight excluding hydrogens is 298 g/mol. The van der Waals surface area contributed by atoms with Gasteiger partial charge in [0.25, 0.3) is 5.91 Å². The predicted octanol–water partition coefficient (Wildman–Crippen LogP) is 1.65. The zero-order valence-corrected chi connectivity index (χ0v) is 12.9. The molecule has 2 amide bonds. The molecule has 0 atom stereocenters. The highest BCUT2D eigenvalue weighted by Gasteiger charge is 2.13. The van der Waals surface area contributed by atoms with E-state index >= 15 is 0 Å². The number of carbonyl (C=O) groups is 2. The van der Waals surface area contributed by atoms with Crippen molar-refractivity contribution in [3.05, 3.63) is 29.3 Å². The molecule has 0 fully saturated rings. The van der Waals surface area contributed by atoms with E-state index in [1.807, 2.05) is 6.29 Å². The maximum absolute atomic E-state index is 11.9. The highest BCUT2D eigenvalue weighted by molar-refractivity contribution is 6.03. The van der Waals surface area contributed by atoms with E-state index < -0.39 is 5.91 Å². The van der Waals surface area contributed by atoms with Crippen molar-refractivity contribution in [2.75, 3.05) is 5.32 Å². The molecule has 7 nitrogen and oxygen atoms in total. The summed E-state index contributed by atoms with van der Waals surface area (Å²) in [6, 6.07) is 4.82. The Morgan fingerprint density at radius 3 is 2.57 bits per heavy atom. The minimum atomic E-state index is -0.708. The van der Waals surface area contributed by atoms with Crippen molar-refractivity contribution < 1.29 is 19.6 Å². The molecule has 0 aliphatic rings. The molecule has 5 N–H and O–H groups in total. The molecule has 0 bridgehead atoms. The zero-order valence-electron chi connectivity index (χ0n) is 12.9. The van der Waals surface area contributed by atoms with Crippen LogP contribution in [-0.2, 0) is 16.1 Å². The normalized spacial score (nSPS) is 10.2. The summed E-state index contributed by atoms with van der Waals surface area (Å²) in [6.07, 6.45) is 5.81. The topological polar surface area (TPSA) is 122 Å². The van der Waals surface area contributed by atoms with Gasteiger partial charge in [-0.3, -0.25) is 19.6 Å². The van der Waals surface area contributed by atoms with E-state index in [1.165, 1.54) is 6.07 Å². The highest BCUT2D eigenvalue weighted by atomic mass is 16.5. The monoisotopic (exact) mass is 320 g/mol. The first-order valence-corrected chi connectivity index (χ1v) is 7.54. The number of hydroxylamine groups is 1. The molecule has 0 aromatic heterocycles. The second-order valence-electron chi connectivity index (χ2n) is 5.13. The lowest BCUT2D eigenvalue weighted by Gasteiger charge is -2.11. The molecule has 23 heavy (non-hydrogen) atoms. The Morgan fingerprint density at radius 2 is 1.91 bits per heavy atom. The van der Waals surface area contributed by atoms with Gasteiger partial charge in [-0.25, -0.2) is 5.48 Å². The quantitative estimate of drug-likeness (QED) is 0.297. The summed E-state index contributed by atoms with van der Waals surface area (Å²) in [5.74, 6) is -0.917. The number of rotatable bonds is 10. The summed E-state index contributed by atoms with van der Waals surface area (Å²) in [5, 5.41) is 11.4. The summed E-state index contributed by atoms with van der Waals surface area (Å²) in [4.78, 5) is 33.6. The van der Waals surface area contributed by atoms with E-state index in [2.05, 4.69) is 5.32 Å². The van der Waals surface area contributed by atoms with Gasteiger partial charge in [0.05, 0.1) is 11.3 Å². The van der Waals surface area contributed by atoms with Crippen LogP contribution < -0.4 is 16.5 Å². The Balaban J connectivity index is 2.56. The third-order valence-electron chi connectivity index (χ3n) is 3.37. The Labute approximate surface area is 135 Å². The summed E-state index contributed by atoms with van der Waals surface area (Å²) in [6.45, 7) is 0.248. The number of nitrogens with two attached hydrogens (primary N) is 1. The lowest BCUT2D eigenvalue weighted by molar-refractivity contribution is -0.116. The van der Waals surface area contributed by atoms with Crippen LogP contribution in [-0.4, -0.2) is 23.3 Å². The van der Waals surface area contributed by atoms with Gasteiger partial charge in [-0.15, -0.1) is 0 Å². The molecule has 0 saturated heterocycles. The SMILES string of the molecule is NCc1ccc(NC(=O)CCCCCC[C]=O)c(C(=O)NO)c1. The fraction of sp³-hybridized carbons (Fsp3) is 0.438. The van der Waals surface area contributed by atoms with Gasteiger partial charge in [0, 0.05) is 19.4 Å². The molecule has 0 aliphatic heterocycles. The van der Waals surface area contributed by atoms with E-state index in [4.69, 9.17) is 10.9 Å². The van der Waals surface area contributed by atoms with E-state index in [0.29, 0.717) is 30.5 Å². The fourth-order valence-electron chi connectivity index (χ4n) is 2.12. The number of hydrogen-bond donors (Lipinski definition) is 4. The lowest BCUT2D eigenvalue weighted by Crippen LogP contribution is -2.22. The number of hydrogen-bond acceptors (Lipinski definition) is 5. The molecule has 1 radical (unpaired) electrons. The molecular formula is C16H22N3O4. The molecule has 125 valence electrons. The van der Waals surface area contributed by atoms with Gasteiger partial charge < -0.3 is 11.1 Å². The zero-order chi connectivity index (χ0) is 17.1. The van der Waals surface area contributed by atoms with Crippen molar-refractivity contribution in [3.8, 4) is 0 Å². The summed E-state index contributed by atoms with van der Waals surface area (Å²) in [7, 11) is 0. The van der Waals surface area contributed by atoms with Crippen molar-refractivity contribution in [3.63, 3.8) is 0 Å². The number of anilines is 1. The number of carbonyl (C=O) groups excluding carboxylic acids is 3. The number of amides is 2. The average molecular weight is 320 g/mol. The van der Waals surface area contributed by atoms with Crippen LogP contribution in [0.4, 0.5) is 5.69 Å². The third-order valence-corrected chi connectivity index (χ3v) is 3.37. The van der Waals surface area contributed by atoms with Crippen molar-refractivity contribution in [2.24, 2.45) is 5.73 Å². The number of unbranched alkanes of at least 4 members (excludes halogenated alkanes) is 4. The van der Waals surface area contributed by atoms with Crippen LogP contribution in [0, 0.1) is 0 Å². The Bertz CT molecular complexity index is 546. The van der Waals surface area contributed by atoms with Gasteiger partial charge in [-0.1, -0.05) is 18.9 Å². The van der Waals surface area contributed by atoms with Crippen molar-refractivity contribution >= 4 is 23.8 Å². The molecule has 1 aromatic carbocycles. The second-order valence-corrected chi connectivity index (χ2v) is 5.13. The first-order chi connectivity index (χ1) is 11.1. The Morgan fingerprint density at radius 1 is 1.17 bits per heavy atom. The van der Waals surface area contributed by atoms with Crippen LogP contribution in [0.3, 0.4) is 0 Å². The van der Waals surface area contributed by atoms with Crippen molar-refractivity contribution in [1.82, 2.24) is 5.48 Å². The summed E-state index contributed by atoms with van der Waals surface area (Å²) >= 11 is 0. The van der Waals surface area contributed by atoms with Gasteiger partial charge in [0.15, 0.2) is 6.29 Å². The molecule has 0 saturated carbocycles. The van der Waals surface area contributed by atoms with E-state index in [-0.39, 0.29) is 18.0 Å². The number of nitrogens with one attached hydrogen (secondary N) is 2. The van der Waals surface area contributed by atoms with Crippen LogP contribution in [0.25, 0.3) is 0 Å². The molecule has 0 spiro atoms. The van der Waals surface area contributed by atoms with Crippen LogP contribution in [0.5, 0.6) is 0 Å². The van der Waals surface area contributed by atoms with Crippen molar-refractivity contribution in [1.29, 1.82) is 0 Å². The molecule has 0 heterocycles. The van der Waals surface area contributed by atoms with Crippen LogP contribution >= 0.6 is 0 Å². The van der Waals surface area contributed by atoms with E-state index in [1.54, 1.807) is 17.6 Å². The smallest absolute Gasteiger partial charge is 0.276 e. The fourth-order valence-corrected chi connectivity index (χ4v) is 2.12. The maximum Gasteiger partial charge on any atom is 0.276 e. The van der Waals surface area contributed by atoms with Gasteiger partial charge in [-0.2, -0.15) is 0 Å². The van der Waals surface area contributed by atoms with Crippen LogP contribution in [0.2, 0.25) is 0 Å². The van der Waals surface area contributed by atoms with Gasteiger partial charge in [0.2, 0.25) is 5.91 Å². The predicted molar refractivity (Wildman–Crippen MR) is 85.6 cm³/mol. The van der Waals surface area contributed by atoms with Crippen LogP contribution in [0.1, 0.15) is 54.4 Å². The van der Waals surface area contributed by atoms with Gasteiger partial charge in [-0.05, 0) is 30.5 Å². The summed E-state index contributed by atoms with van der Waals surface area (Å²) in [5.41, 5.74) is 8.28. The standard InChI is InChI=1S/C16H22N3O4/c17-11-12-7-8-14(13(10-12)16(22)19-23)18-15(21)6-4-2-1-3-5-9-20/h7-8,10,23H,1-6,11,17H2,(H,18,21)(H,19,22). The lowest BCUT2D eigenvalue weighted by atomic mass is 10.1. The molecule has 1 aromatic rings. The largest absolute Gasteiger partial charge is 0.326 e. The van der Waals surface area contributed by atoms with E-state index in [0.717, 1.165) is 19.3 Å². The molecule has 0 unspecified atom stereocenters. The maximum atomic E-state index is 11.9. The van der Waals surface area contributed by atoms with Crippen LogP contribution in [0.15, 0.2) is 18.2 Å². The molecule has 0 aliphatic carbocycles. The molecule has 1 rings (SSSR count).